The number of nitrogens with zero attached hydrogens (tertiary/aromatic N) is 5. The van der Waals surface area contributed by atoms with Gasteiger partial charge in [0.15, 0.2) is 0 Å². The Balaban J connectivity index is 1.30. The smallest absolute Gasteiger partial charge is 0.254 e. The zero-order valence-corrected chi connectivity index (χ0v) is 22.1. The Labute approximate surface area is 230 Å². The highest BCUT2D eigenvalue weighted by Crippen LogP contribution is 2.31. The first-order valence-electron chi connectivity index (χ1n) is 12.3. The van der Waals surface area contributed by atoms with Crippen LogP contribution in [0.3, 0.4) is 0 Å². The van der Waals surface area contributed by atoms with Crippen molar-refractivity contribution in [3.05, 3.63) is 94.0 Å². The summed E-state index contributed by atoms with van der Waals surface area (Å²) in [5.41, 5.74) is 4.99. The van der Waals surface area contributed by atoms with Crippen LogP contribution in [-0.2, 0) is 11.3 Å². The van der Waals surface area contributed by atoms with Crippen LogP contribution in [0.15, 0.2) is 61.1 Å². The Morgan fingerprint density at radius 3 is 2.74 bits per heavy atom. The molecule has 1 atom stereocenters. The molecule has 1 aliphatic heterocycles. The number of benzene rings is 2. The molecule has 0 bridgehead atoms. The SMILES string of the molecule is Cc1cccc([C@@H](CO)NC(=O)CN2Cc3ccc(-c4nc(Nc5cc(C)ncn5)ncc4Cl)cc3C2=O)c1. The van der Waals surface area contributed by atoms with Gasteiger partial charge < -0.3 is 20.6 Å². The van der Waals surface area contributed by atoms with Gasteiger partial charge in [0.1, 0.15) is 18.7 Å². The van der Waals surface area contributed by atoms with Gasteiger partial charge in [0.05, 0.1) is 29.6 Å². The number of fused-ring (bicyclic) bond motifs is 1. The summed E-state index contributed by atoms with van der Waals surface area (Å²) in [6, 6.07) is 14.2. The van der Waals surface area contributed by atoms with Crippen molar-refractivity contribution in [2.75, 3.05) is 18.5 Å². The number of carbonyl (C=O) groups is 2. The van der Waals surface area contributed by atoms with Crippen LogP contribution in [0.1, 0.15) is 38.8 Å². The number of aromatic nitrogens is 4. The van der Waals surface area contributed by atoms with Gasteiger partial charge in [0.2, 0.25) is 11.9 Å². The molecule has 2 aromatic carbocycles. The molecule has 10 nitrogen and oxygen atoms in total. The van der Waals surface area contributed by atoms with Crippen molar-refractivity contribution >= 4 is 35.2 Å². The lowest BCUT2D eigenvalue weighted by atomic mass is 10.0. The van der Waals surface area contributed by atoms with E-state index in [0.717, 1.165) is 22.4 Å². The molecule has 0 aliphatic carbocycles. The Kier molecular flexibility index (Phi) is 7.49. The molecule has 0 saturated carbocycles. The van der Waals surface area contributed by atoms with Crippen molar-refractivity contribution in [1.82, 2.24) is 30.2 Å². The summed E-state index contributed by atoms with van der Waals surface area (Å²) in [6.07, 6.45) is 2.93. The fraction of sp³-hybridized carbons (Fsp3) is 0.214. The second-order valence-corrected chi connectivity index (χ2v) is 9.72. The number of carbonyl (C=O) groups excluding carboxylic acids is 2. The summed E-state index contributed by atoms with van der Waals surface area (Å²) in [4.78, 5) is 44.5. The van der Waals surface area contributed by atoms with Crippen molar-refractivity contribution in [2.24, 2.45) is 0 Å². The lowest BCUT2D eigenvalue weighted by Gasteiger charge is -2.20. The van der Waals surface area contributed by atoms with Gasteiger partial charge in [-0.15, -0.1) is 0 Å². The number of halogens is 1. The minimum Gasteiger partial charge on any atom is -0.394 e. The predicted octanol–water partition coefficient (Wildman–Crippen LogP) is 3.75. The summed E-state index contributed by atoms with van der Waals surface area (Å²) in [5, 5.41) is 16.0. The van der Waals surface area contributed by atoms with Gasteiger partial charge in [-0.25, -0.2) is 19.9 Å². The average molecular weight is 544 g/mol. The summed E-state index contributed by atoms with van der Waals surface area (Å²) in [5.74, 6) is 0.217. The molecule has 3 heterocycles. The Hall–Kier alpha value is -4.41. The molecule has 0 fully saturated rings. The van der Waals surface area contributed by atoms with Crippen molar-refractivity contribution in [2.45, 2.75) is 26.4 Å². The van der Waals surface area contributed by atoms with Crippen LogP contribution in [0.5, 0.6) is 0 Å². The monoisotopic (exact) mass is 543 g/mol. The van der Waals surface area contributed by atoms with E-state index in [-0.39, 0.29) is 25.0 Å². The van der Waals surface area contributed by atoms with E-state index in [2.05, 4.69) is 30.6 Å². The van der Waals surface area contributed by atoms with Gasteiger partial charge in [-0.05, 0) is 31.0 Å². The second kappa shape index (κ2) is 11.1. The van der Waals surface area contributed by atoms with Crippen molar-refractivity contribution < 1.29 is 14.7 Å². The van der Waals surface area contributed by atoms with Crippen molar-refractivity contribution in [1.29, 1.82) is 0 Å². The molecule has 0 saturated heterocycles. The highest BCUT2D eigenvalue weighted by Gasteiger charge is 2.30. The minimum atomic E-state index is -0.557. The third kappa shape index (κ3) is 5.87. The molecule has 2 amide bonds. The molecule has 3 N–H and O–H groups in total. The van der Waals surface area contributed by atoms with Crippen molar-refractivity contribution in [3.63, 3.8) is 0 Å². The second-order valence-electron chi connectivity index (χ2n) is 9.31. The number of hydrogen-bond donors (Lipinski definition) is 3. The van der Waals surface area contributed by atoms with E-state index in [1.807, 2.05) is 50.2 Å². The van der Waals surface area contributed by atoms with Crippen LogP contribution >= 0.6 is 11.6 Å². The third-order valence-corrected chi connectivity index (χ3v) is 6.62. The summed E-state index contributed by atoms with van der Waals surface area (Å²) < 4.78 is 0. The zero-order valence-electron chi connectivity index (χ0n) is 21.3. The molecule has 198 valence electrons. The third-order valence-electron chi connectivity index (χ3n) is 6.35. The Morgan fingerprint density at radius 1 is 1.13 bits per heavy atom. The summed E-state index contributed by atoms with van der Waals surface area (Å²) in [7, 11) is 0. The standard InChI is InChI=1S/C28H26ClN7O3/c1-16-4-3-5-18(8-16)23(14-37)33-25(38)13-36-12-20-7-6-19(10-21(20)27(36)39)26-22(29)11-30-28(35-26)34-24-9-17(2)31-15-32-24/h3-11,15,23,37H,12-14H2,1-2H3,(H,33,38)(H,30,31,32,34,35)/t23-/m1/s1. The van der Waals surface area contributed by atoms with E-state index in [4.69, 9.17) is 11.6 Å². The number of amides is 2. The number of aliphatic hydroxyl groups excluding tert-OH is 1. The van der Waals surface area contributed by atoms with Gasteiger partial charge in [-0.2, -0.15) is 0 Å². The summed E-state index contributed by atoms with van der Waals surface area (Å²) in [6.45, 7) is 3.71. The number of hydrogen-bond acceptors (Lipinski definition) is 8. The van der Waals surface area contributed by atoms with E-state index in [1.54, 1.807) is 12.1 Å². The van der Waals surface area contributed by atoms with Crippen LogP contribution in [-0.4, -0.2) is 54.9 Å². The molecule has 11 heteroatoms. The molecule has 1 aliphatic rings. The van der Waals surface area contributed by atoms with Crippen LogP contribution in [0.4, 0.5) is 11.8 Å². The van der Waals surface area contributed by atoms with E-state index < -0.39 is 6.04 Å². The number of nitrogens with one attached hydrogen (secondary N) is 2. The maximum absolute atomic E-state index is 13.2. The highest BCUT2D eigenvalue weighted by atomic mass is 35.5. The van der Waals surface area contributed by atoms with Gasteiger partial charge >= 0.3 is 0 Å². The molecule has 2 aromatic heterocycles. The first-order chi connectivity index (χ1) is 18.8. The first kappa shape index (κ1) is 26.2. The topological polar surface area (TPSA) is 133 Å². The number of aliphatic hydroxyl groups is 1. The van der Waals surface area contributed by atoms with Gasteiger partial charge in [-0.1, -0.05) is 53.6 Å². The van der Waals surface area contributed by atoms with E-state index in [9.17, 15) is 14.7 Å². The number of rotatable bonds is 8. The van der Waals surface area contributed by atoms with E-state index in [1.165, 1.54) is 17.4 Å². The minimum absolute atomic E-state index is 0.133. The number of anilines is 2. The Morgan fingerprint density at radius 2 is 1.97 bits per heavy atom. The summed E-state index contributed by atoms with van der Waals surface area (Å²) >= 11 is 6.42. The molecule has 0 radical (unpaired) electrons. The maximum Gasteiger partial charge on any atom is 0.254 e. The molecule has 0 spiro atoms. The van der Waals surface area contributed by atoms with Crippen molar-refractivity contribution in [3.8, 4) is 11.3 Å². The predicted molar refractivity (Wildman–Crippen MR) is 146 cm³/mol. The molecule has 5 rings (SSSR count). The lowest BCUT2D eigenvalue weighted by Crippen LogP contribution is -2.40. The molecule has 39 heavy (non-hydrogen) atoms. The highest BCUT2D eigenvalue weighted by molar-refractivity contribution is 6.33. The first-order valence-corrected chi connectivity index (χ1v) is 12.7. The van der Waals surface area contributed by atoms with Gasteiger partial charge in [0.25, 0.3) is 5.91 Å². The fourth-order valence-electron chi connectivity index (χ4n) is 4.44. The van der Waals surface area contributed by atoms with E-state index in [0.29, 0.717) is 40.2 Å². The number of aryl methyl sites for hydroxylation is 2. The lowest BCUT2D eigenvalue weighted by molar-refractivity contribution is -0.122. The fourth-order valence-corrected chi connectivity index (χ4v) is 4.64. The van der Waals surface area contributed by atoms with Gasteiger partial charge in [-0.3, -0.25) is 9.59 Å². The van der Waals surface area contributed by atoms with Crippen LogP contribution in [0.25, 0.3) is 11.3 Å². The van der Waals surface area contributed by atoms with Crippen LogP contribution in [0, 0.1) is 13.8 Å². The molecule has 4 aromatic rings. The largest absolute Gasteiger partial charge is 0.394 e. The average Bonchev–Trinajstić information content (AvgIpc) is 3.22. The van der Waals surface area contributed by atoms with Crippen LogP contribution in [0.2, 0.25) is 5.02 Å². The normalized spacial score (nSPS) is 13.2. The molecular formula is C28H26ClN7O3. The van der Waals surface area contributed by atoms with Gasteiger partial charge in [0, 0.05) is 29.4 Å². The quantitative estimate of drug-likeness (QED) is 0.306. The zero-order chi connectivity index (χ0) is 27.5. The maximum atomic E-state index is 13.2. The Bertz CT molecular complexity index is 1560. The molecule has 0 unspecified atom stereocenters. The van der Waals surface area contributed by atoms with Crippen LogP contribution < -0.4 is 10.6 Å². The molecular weight excluding hydrogens is 518 g/mol. The van der Waals surface area contributed by atoms with E-state index >= 15 is 0 Å².